The first-order valence-electron chi connectivity index (χ1n) is 19.0. The van der Waals surface area contributed by atoms with Crippen LogP contribution in [0.15, 0.2) is 24.3 Å². The van der Waals surface area contributed by atoms with E-state index in [1.807, 2.05) is 46.0 Å². The normalized spacial score (nSPS) is 30.2. The number of carbonyl (C=O) groups excluding carboxylic acids is 1. The van der Waals surface area contributed by atoms with Gasteiger partial charge in [-0.1, -0.05) is 17.7 Å². The van der Waals surface area contributed by atoms with E-state index in [4.69, 9.17) is 18.9 Å². The highest BCUT2D eigenvalue weighted by molar-refractivity contribution is 7.99. The van der Waals surface area contributed by atoms with E-state index >= 15 is 0 Å². The number of hydrogen-bond acceptors (Lipinski definition) is 12. The Morgan fingerprint density at radius 3 is 2.61 bits per heavy atom. The highest BCUT2D eigenvalue weighted by Gasteiger charge is 2.62. The third kappa shape index (κ3) is 4.54. The fourth-order valence-electron chi connectivity index (χ4n) is 10.9. The standard InChI is InChI=1S/C42H43N5O8S/c1-17-7-8-24-22(9-17)23-12-25(40(49)50)45-42(39(23)44-24)15-56-38-29-19(3)20(4)36-37(55-16-54-36)31(29)28(14-53-41(42)51)47-27(13-43)26-11-21-10-18(2)35(52-6)34(48)30(21)32(33(38)47)46(26)5/h7-10,25-28,32-33,38,44-45,48H,11-12,14-16H2,1-6H3,(H,49,50)/t25-,26+,27-,28-,32+,33+,38+,42+/m0/s1. The largest absolute Gasteiger partial charge is 0.504 e. The summed E-state index contributed by atoms with van der Waals surface area (Å²) in [4.78, 5) is 35.9. The monoisotopic (exact) mass is 777 g/mol. The van der Waals surface area contributed by atoms with Gasteiger partial charge in [0.1, 0.15) is 18.7 Å². The lowest BCUT2D eigenvalue weighted by Gasteiger charge is -2.62. The van der Waals surface area contributed by atoms with Crippen molar-refractivity contribution in [2.24, 2.45) is 0 Å². The van der Waals surface area contributed by atoms with Gasteiger partial charge in [0.15, 0.2) is 28.5 Å². The van der Waals surface area contributed by atoms with Crippen LogP contribution in [-0.4, -0.2) is 94.4 Å². The van der Waals surface area contributed by atoms with Crippen molar-refractivity contribution in [1.82, 2.24) is 20.1 Å². The van der Waals surface area contributed by atoms with Crippen molar-refractivity contribution < 1.29 is 38.7 Å². The van der Waals surface area contributed by atoms with Crippen molar-refractivity contribution in [2.45, 2.75) is 87.6 Å². The Balaban J connectivity index is 1.24. The van der Waals surface area contributed by atoms with Gasteiger partial charge in [0.05, 0.1) is 31.0 Å². The van der Waals surface area contributed by atoms with E-state index in [1.54, 1.807) is 18.9 Å². The van der Waals surface area contributed by atoms with Crippen LogP contribution in [0.5, 0.6) is 23.0 Å². The lowest BCUT2D eigenvalue weighted by molar-refractivity contribution is -0.158. The molecule has 4 aromatic rings. The molecular formula is C42H43N5O8S. The smallest absolute Gasteiger partial charge is 0.333 e. The van der Waals surface area contributed by atoms with Crippen LogP contribution < -0.4 is 19.5 Å². The summed E-state index contributed by atoms with van der Waals surface area (Å²) in [6.07, 6.45) is 0.715. The van der Waals surface area contributed by atoms with Gasteiger partial charge in [0, 0.05) is 51.5 Å². The highest BCUT2D eigenvalue weighted by Crippen LogP contribution is 2.63. The van der Waals surface area contributed by atoms with Crippen molar-refractivity contribution >= 4 is 34.6 Å². The van der Waals surface area contributed by atoms with Crippen molar-refractivity contribution in [1.29, 1.82) is 5.26 Å². The van der Waals surface area contributed by atoms with Gasteiger partial charge in [-0.3, -0.25) is 19.9 Å². The first kappa shape index (κ1) is 35.5. The van der Waals surface area contributed by atoms with Crippen molar-refractivity contribution in [3.8, 4) is 29.1 Å². The number of benzene rings is 3. The molecule has 7 aliphatic heterocycles. The number of carboxylic acid groups (broad SMARTS) is 1. The minimum atomic E-state index is -1.55. The maximum atomic E-state index is 15.0. The molecule has 290 valence electrons. The van der Waals surface area contributed by atoms with E-state index in [0.29, 0.717) is 29.4 Å². The van der Waals surface area contributed by atoms with E-state index in [2.05, 4.69) is 39.2 Å². The fourth-order valence-corrected chi connectivity index (χ4v) is 12.7. The average Bonchev–Trinajstić information content (AvgIpc) is 3.81. The number of methoxy groups -OCH3 is 1. The van der Waals surface area contributed by atoms with Gasteiger partial charge < -0.3 is 34.1 Å². The lowest BCUT2D eigenvalue weighted by atomic mass is 9.71. The molecule has 14 heteroatoms. The summed E-state index contributed by atoms with van der Waals surface area (Å²) in [7, 11) is 3.59. The van der Waals surface area contributed by atoms with Crippen LogP contribution in [0.3, 0.4) is 0 Å². The summed E-state index contributed by atoms with van der Waals surface area (Å²) >= 11 is 1.54. The summed E-state index contributed by atoms with van der Waals surface area (Å²) in [5.74, 6) is 0.209. The Morgan fingerprint density at radius 2 is 1.86 bits per heavy atom. The third-order valence-electron chi connectivity index (χ3n) is 13.5. The fraction of sp³-hybridized carbons (Fsp3) is 0.452. The number of ether oxygens (including phenoxy) is 4. The summed E-state index contributed by atoms with van der Waals surface area (Å²) in [5.41, 5.74) is 8.04. The molecule has 13 nitrogen and oxygen atoms in total. The third-order valence-corrected chi connectivity index (χ3v) is 15.0. The number of aromatic hydroxyl groups is 1. The zero-order valence-electron chi connectivity index (χ0n) is 32.0. The quantitative estimate of drug-likeness (QED) is 0.203. The van der Waals surface area contributed by atoms with Crippen molar-refractivity contribution in [3.63, 3.8) is 0 Å². The Bertz CT molecular complexity index is 2460. The van der Waals surface area contributed by atoms with E-state index < -0.39 is 52.9 Å². The van der Waals surface area contributed by atoms with E-state index in [9.17, 15) is 25.1 Å². The molecule has 0 amide bonds. The molecule has 0 saturated carbocycles. The number of phenolic OH excluding ortho intramolecular Hbond substituents is 1. The molecule has 8 heterocycles. The molecule has 2 saturated heterocycles. The number of rotatable bonds is 2. The summed E-state index contributed by atoms with van der Waals surface area (Å²) in [5, 5.41) is 37.5. The molecule has 1 aromatic heterocycles. The van der Waals surface area contributed by atoms with Crippen LogP contribution in [0.2, 0.25) is 0 Å². The summed E-state index contributed by atoms with van der Waals surface area (Å²) in [6, 6.07) is 7.37. The molecule has 7 aliphatic rings. The molecule has 8 atom stereocenters. The topological polar surface area (TPSA) is 170 Å². The Labute approximate surface area is 327 Å². The van der Waals surface area contributed by atoms with Crippen LogP contribution in [0.1, 0.15) is 73.1 Å². The molecule has 11 rings (SSSR count). The first-order valence-corrected chi connectivity index (χ1v) is 20.1. The number of aromatic amines is 1. The number of aryl methyl sites for hydroxylation is 2. The van der Waals surface area contributed by atoms with Crippen LogP contribution in [0, 0.1) is 39.0 Å². The van der Waals surface area contributed by atoms with Gasteiger partial charge in [0.25, 0.3) is 0 Å². The molecule has 0 unspecified atom stereocenters. The number of nitrogens with zero attached hydrogens (tertiary/aromatic N) is 3. The molecule has 4 N–H and O–H groups in total. The lowest BCUT2D eigenvalue weighted by Crippen LogP contribution is -2.70. The summed E-state index contributed by atoms with van der Waals surface area (Å²) in [6.45, 7) is 7.92. The molecule has 56 heavy (non-hydrogen) atoms. The van der Waals surface area contributed by atoms with E-state index in [1.165, 1.54) is 0 Å². The van der Waals surface area contributed by atoms with Gasteiger partial charge in [-0.2, -0.15) is 5.26 Å². The molecule has 0 aliphatic carbocycles. The Hall–Kier alpha value is -4.94. The molecular weight excluding hydrogens is 735 g/mol. The van der Waals surface area contributed by atoms with Gasteiger partial charge in [-0.05, 0) is 86.7 Å². The predicted octanol–water partition coefficient (Wildman–Crippen LogP) is 4.90. The van der Waals surface area contributed by atoms with Crippen molar-refractivity contribution in [2.75, 3.05) is 33.3 Å². The highest BCUT2D eigenvalue weighted by atomic mass is 32.2. The number of aliphatic carboxylic acids is 1. The number of fused-ring (bicyclic) bond motifs is 11. The SMILES string of the molecule is COc1c(C)cc2c(c1O)[C@@H]1[C@@H]3[C@@H]4SC[C@]5(N[C@H](C(=O)O)Cc6c5[nH]c5ccc(C)cc65)C(=O)OC[C@@H](c5c6c(c(C)c(C)c54)OCO6)N3[C@@H](C#N)[C@@H](C2)N1C. The zero-order chi connectivity index (χ0) is 39.1. The number of aromatic nitrogens is 1. The number of H-pyrrole nitrogens is 1. The number of likely N-dealkylation sites (N-methyl/N-ethyl adjacent to an activating group) is 1. The molecule has 3 aromatic carbocycles. The Kier molecular flexibility index (Phi) is 7.78. The van der Waals surface area contributed by atoms with Crippen LogP contribution >= 0.6 is 11.8 Å². The second-order valence-corrected chi connectivity index (χ2v) is 17.3. The molecule has 4 bridgehead atoms. The van der Waals surface area contributed by atoms with Gasteiger partial charge in [0.2, 0.25) is 6.79 Å². The number of carboxylic acids is 1. The maximum absolute atomic E-state index is 15.0. The minimum absolute atomic E-state index is 0.0438. The number of carbonyl (C=O) groups is 2. The van der Waals surface area contributed by atoms with E-state index in [-0.39, 0.29) is 37.4 Å². The number of nitrogens with one attached hydrogen (secondary N) is 2. The minimum Gasteiger partial charge on any atom is -0.504 e. The first-order chi connectivity index (χ1) is 26.9. The number of hydrogen-bond donors (Lipinski definition) is 4. The number of esters is 1. The van der Waals surface area contributed by atoms with Crippen LogP contribution in [0.25, 0.3) is 10.9 Å². The molecule has 0 radical (unpaired) electrons. The molecule has 2 fully saturated rings. The molecule has 1 spiro atoms. The average molecular weight is 778 g/mol. The maximum Gasteiger partial charge on any atom is 0.333 e. The zero-order valence-corrected chi connectivity index (χ0v) is 32.8. The number of nitriles is 1. The van der Waals surface area contributed by atoms with Crippen LogP contribution in [-0.2, 0) is 32.7 Å². The summed E-state index contributed by atoms with van der Waals surface area (Å²) < 4.78 is 24.6. The van der Waals surface area contributed by atoms with Gasteiger partial charge in [-0.15, -0.1) is 11.8 Å². The predicted molar refractivity (Wildman–Crippen MR) is 206 cm³/mol. The number of thioether (sulfide) groups is 1. The second-order valence-electron chi connectivity index (χ2n) is 16.2. The number of phenols is 1. The van der Waals surface area contributed by atoms with Crippen LogP contribution in [0.4, 0.5) is 0 Å². The van der Waals surface area contributed by atoms with Gasteiger partial charge in [-0.25, -0.2) is 4.79 Å². The Morgan fingerprint density at radius 1 is 1.07 bits per heavy atom. The second kappa shape index (κ2) is 12.3. The van der Waals surface area contributed by atoms with Crippen molar-refractivity contribution in [3.05, 3.63) is 80.0 Å². The number of piperazine rings is 1. The van der Waals surface area contributed by atoms with E-state index in [0.717, 1.165) is 61.0 Å². The van der Waals surface area contributed by atoms with Gasteiger partial charge >= 0.3 is 11.9 Å².